The lowest BCUT2D eigenvalue weighted by atomic mass is 9.85. The Morgan fingerprint density at radius 3 is 2.29 bits per heavy atom. The number of carbonyl (C=O) groups excluding carboxylic acids is 3. The number of amides is 3. The van der Waals surface area contributed by atoms with Crippen LogP contribution in [0.2, 0.25) is 0 Å². The summed E-state index contributed by atoms with van der Waals surface area (Å²) in [7, 11) is -2.69. The van der Waals surface area contributed by atoms with Crippen LogP contribution < -0.4 is 14.8 Å². The third kappa shape index (κ3) is 5.19. The van der Waals surface area contributed by atoms with Gasteiger partial charge in [0, 0.05) is 18.7 Å². The smallest absolute Gasteiger partial charge is 0.262 e. The van der Waals surface area contributed by atoms with E-state index in [0.29, 0.717) is 12.8 Å². The van der Waals surface area contributed by atoms with Gasteiger partial charge in [-0.3, -0.25) is 24.0 Å². The lowest BCUT2D eigenvalue weighted by Crippen LogP contribution is -2.34. The van der Waals surface area contributed by atoms with Gasteiger partial charge in [0.1, 0.15) is 11.6 Å². The van der Waals surface area contributed by atoms with Crippen molar-refractivity contribution < 1.29 is 31.9 Å². The Balaban J connectivity index is 1.42. The highest BCUT2D eigenvalue weighted by Crippen LogP contribution is 2.35. The Bertz CT molecular complexity index is 1270. The first-order valence-electron chi connectivity index (χ1n) is 11.0. The van der Waals surface area contributed by atoms with Gasteiger partial charge in [-0.2, -0.15) is 0 Å². The second-order valence-electron chi connectivity index (χ2n) is 8.26. The maximum Gasteiger partial charge on any atom is 0.262 e. The summed E-state index contributed by atoms with van der Waals surface area (Å²) in [5.74, 6) is -2.02. The predicted molar refractivity (Wildman–Crippen MR) is 126 cm³/mol. The summed E-state index contributed by atoms with van der Waals surface area (Å²) in [6.45, 7) is -0.0310. The average molecular weight is 502 g/mol. The molecular formula is C24H24FN3O6S. The van der Waals surface area contributed by atoms with E-state index in [1.165, 1.54) is 25.3 Å². The molecule has 2 unspecified atom stereocenters. The van der Waals surface area contributed by atoms with Gasteiger partial charge < -0.3 is 10.1 Å². The monoisotopic (exact) mass is 501 g/mol. The number of rotatable bonds is 8. The van der Waals surface area contributed by atoms with Crippen molar-refractivity contribution in [2.24, 2.45) is 11.8 Å². The quantitative estimate of drug-likeness (QED) is 0.424. The van der Waals surface area contributed by atoms with Gasteiger partial charge in [-0.15, -0.1) is 0 Å². The molecule has 2 aromatic carbocycles. The highest BCUT2D eigenvalue weighted by atomic mass is 32.2. The van der Waals surface area contributed by atoms with Crippen molar-refractivity contribution in [1.82, 2.24) is 4.90 Å². The standard InChI is InChI=1S/C24H24FN3O6S/c1-34-21-11-8-16(14-20(21)27-35(32,33)17-9-6-15(25)7-10-17)26-22(29)12-13-28-23(30)18-4-2-3-5-19(18)24(28)31/h2-3,6-11,14,18-19,27H,4-5,12-13H2,1H3,(H,26,29). The molecule has 9 nitrogen and oxygen atoms in total. The zero-order chi connectivity index (χ0) is 25.2. The molecule has 2 N–H and O–H groups in total. The number of benzene rings is 2. The highest BCUT2D eigenvalue weighted by molar-refractivity contribution is 7.92. The van der Waals surface area contributed by atoms with Gasteiger partial charge >= 0.3 is 0 Å². The lowest BCUT2D eigenvalue weighted by Gasteiger charge is -2.16. The van der Waals surface area contributed by atoms with E-state index in [9.17, 15) is 27.2 Å². The fourth-order valence-electron chi connectivity index (χ4n) is 4.21. The Labute approximate surface area is 202 Å². The number of hydrogen-bond donors (Lipinski definition) is 2. The molecule has 0 radical (unpaired) electrons. The summed E-state index contributed by atoms with van der Waals surface area (Å²) < 4.78 is 46.1. The maximum atomic E-state index is 13.2. The van der Waals surface area contributed by atoms with Crippen LogP contribution in [0.5, 0.6) is 5.75 Å². The molecule has 1 saturated heterocycles. The third-order valence-corrected chi connectivity index (χ3v) is 7.39. The van der Waals surface area contributed by atoms with Gasteiger partial charge in [-0.05, 0) is 55.3 Å². The van der Waals surface area contributed by atoms with Crippen LogP contribution in [0.1, 0.15) is 19.3 Å². The van der Waals surface area contributed by atoms with Crippen LogP contribution in [0.15, 0.2) is 59.5 Å². The van der Waals surface area contributed by atoms with Crippen molar-refractivity contribution in [3.05, 3.63) is 60.4 Å². The zero-order valence-electron chi connectivity index (χ0n) is 18.9. The molecule has 1 heterocycles. The number of imide groups is 1. The van der Waals surface area contributed by atoms with Crippen molar-refractivity contribution in [1.29, 1.82) is 0 Å². The van der Waals surface area contributed by atoms with Crippen LogP contribution in [0.3, 0.4) is 0 Å². The number of nitrogens with zero attached hydrogens (tertiary/aromatic N) is 1. The molecule has 1 fully saturated rings. The minimum Gasteiger partial charge on any atom is -0.495 e. The average Bonchev–Trinajstić information content (AvgIpc) is 3.07. The zero-order valence-corrected chi connectivity index (χ0v) is 19.7. The van der Waals surface area contributed by atoms with E-state index in [-0.39, 0.29) is 58.6 Å². The fraction of sp³-hybridized carbons (Fsp3) is 0.292. The Hall–Kier alpha value is -3.73. The highest BCUT2D eigenvalue weighted by Gasteiger charge is 2.46. The van der Waals surface area contributed by atoms with Crippen LogP contribution in [0.4, 0.5) is 15.8 Å². The van der Waals surface area contributed by atoms with Crippen LogP contribution >= 0.6 is 0 Å². The predicted octanol–water partition coefficient (Wildman–Crippen LogP) is 2.91. The van der Waals surface area contributed by atoms with Crippen LogP contribution in [0.25, 0.3) is 0 Å². The van der Waals surface area contributed by atoms with E-state index >= 15 is 0 Å². The van der Waals surface area contributed by atoms with Gasteiger partial charge in [0.15, 0.2) is 0 Å². The van der Waals surface area contributed by atoms with E-state index in [1.807, 2.05) is 12.2 Å². The Kier molecular flexibility index (Phi) is 6.88. The molecule has 2 aromatic rings. The molecule has 0 bridgehead atoms. The topological polar surface area (TPSA) is 122 Å². The molecule has 184 valence electrons. The summed E-state index contributed by atoms with van der Waals surface area (Å²) in [6, 6.07) is 8.70. The normalized spacial score (nSPS) is 19.4. The molecule has 0 spiro atoms. The number of nitrogens with one attached hydrogen (secondary N) is 2. The number of sulfonamides is 1. The first kappa shape index (κ1) is 24.4. The van der Waals surface area contributed by atoms with Crippen LogP contribution in [-0.2, 0) is 24.4 Å². The van der Waals surface area contributed by atoms with Crippen LogP contribution in [-0.4, -0.2) is 44.7 Å². The molecule has 2 aliphatic rings. The van der Waals surface area contributed by atoms with Gasteiger partial charge in [0.2, 0.25) is 17.7 Å². The molecule has 2 atom stereocenters. The lowest BCUT2D eigenvalue weighted by molar-refractivity contribution is -0.140. The van der Waals surface area contributed by atoms with E-state index in [0.717, 1.165) is 29.2 Å². The number of allylic oxidation sites excluding steroid dienone is 2. The minimum absolute atomic E-state index is 0.0310. The Morgan fingerprint density at radius 1 is 1.06 bits per heavy atom. The third-order valence-electron chi connectivity index (χ3n) is 6.01. The maximum absolute atomic E-state index is 13.2. The van der Waals surface area contributed by atoms with Crippen LogP contribution in [0, 0.1) is 17.7 Å². The summed E-state index contributed by atoms with van der Waals surface area (Å²) in [5, 5.41) is 2.64. The SMILES string of the molecule is COc1ccc(NC(=O)CCN2C(=O)C3CC=CCC3C2=O)cc1NS(=O)(=O)c1ccc(F)cc1. The van der Waals surface area contributed by atoms with E-state index in [1.54, 1.807) is 0 Å². The second kappa shape index (κ2) is 9.87. The molecule has 35 heavy (non-hydrogen) atoms. The number of anilines is 2. The molecule has 1 aliphatic heterocycles. The molecule has 0 saturated carbocycles. The molecule has 0 aromatic heterocycles. The van der Waals surface area contributed by atoms with Gasteiger partial charge in [0.25, 0.3) is 10.0 Å². The molecule has 3 amide bonds. The molecule has 1 aliphatic carbocycles. The number of carbonyl (C=O) groups is 3. The minimum atomic E-state index is -4.05. The number of likely N-dealkylation sites (tertiary alicyclic amines) is 1. The van der Waals surface area contributed by atoms with Gasteiger partial charge in [-0.1, -0.05) is 12.2 Å². The molecule has 11 heteroatoms. The number of fused-ring (bicyclic) bond motifs is 1. The van der Waals surface area contributed by atoms with Crippen molar-refractivity contribution in [3.8, 4) is 5.75 Å². The number of halogens is 1. The first-order chi connectivity index (χ1) is 16.7. The van der Waals surface area contributed by atoms with Gasteiger partial charge in [-0.25, -0.2) is 12.8 Å². The number of ether oxygens (including phenoxy) is 1. The first-order valence-corrected chi connectivity index (χ1v) is 12.4. The Morgan fingerprint density at radius 2 is 1.69 bits per heavy atom. The fourth-order valence-corrected chi connectivity index (χ4v) is 5.27. The van der Waals surface area contributed by atoms with Crippen molar-refractivity contribution in [2.75, 3.05) is 23.7 Å². The van der Waals surface area contributed by atoms with Crippen molar-refractivity contribution in [2.45, 2.75) is 24.2 Å². The number of hydrogen-bond acceptors (Lipinski definition) is 6. The summed E-state index contributed by atoms with van der Waals surface area (Å²) >= 11 is 0. The van der Waals surface area contributed by atoms with Gasteiger partial charge in [0.05, 0.1) is 29.5 Å². The van der Waals surface area contributed by atoms with E-state index in [4.69, 9.17) is 4.74 Å². The number of methoxy groups -OCH3 is 1. The summed E-state index contributed by atoms with van der Waals surface area (Å²) in [6.07, 6.45) is 4.75. The van der Waals surface area contributed by atoms with Crippen molar-refractivity contribution in [3.63, 3.8) is 0 Å². The molecular weight excluding hydrogens is 477 g/mol. The largest absolute Gasteiger partial charge is 0.495 e. The second-order valence-corrected chi connectivity index (χ2v) is 9.94. The van der Waals surface area contributed by atoms with Crippen molar-refractivity contribution >= 4 is 39.1 Å². The van der Waals surface area contributed by atoms with E-state index < -0.39 is 21.7 Å². The van der Waals surface area contributed by atoms with E-state index in [2.05, 4.69) is 10.0 Å². The summed E-state index contributed by atoms with van der Waals surface area (Å²) in [5.41, 5.74) is 0.348. The summed E-state index contributed by atoms with van der Waals surface area (Å²) in [4.78, 5) is 38.6. The molecule has 4 rings (SSSR count).